The monoisotopic (exact) mass is 403 g/mol. The molecule has 0 aliphatic carbocycles. The maximum Gasteiger partial charge on any atom is 0.243 e. The molecule has 0 heterocycles. The van der Waals surface area contributed by atoms with Crippen LogP contribution in [0.2, 0.25) is 5.02 Å². The quantitative estimate of drug-likeness (QED) is 0.675. The third-order valence-corrected chi connectivity index (χ3v) is 4.45. The average Bonchev–Trinajstić information content (AvgIpc) is 2.67. The van der Waals surface area contributed by atoms with Crippen molar-refractivity contribution in [1.29, 1.82) is 0 Å². The van der Waals surface area contributed by atoms with Crippen molar-refractivity contribution in [3.05, 3.63) is 58.6 Å². The largest absolute Gasteiger partial charge is 0.496 e. The van der Waals surface area contributed by atoms with E-state index in [1.165, 1.54) is 0 Å². The van der Waals surface area contributed by atoms with Gasteiger partial charge in [0, 0.05) is 22.8 Å². The van der Waals surface area contributed by atoms with Gasteiger partial charge in [0.25, 0.3) is 0 Å². The number of hydrogen-bond acceptors (Lipinski definition) is 4. The molecule has 0 aromatic heterocycles. The lowest BCUT2D eigenvalue weighted by atomic mass is 10.1. The minimum absolute atomic E-state index is 0.0782. The van der Waals surface area contributed by atoms with Crippen molar-refractivity contribution in [3.63, 3.8) is 0 Å². The van der Waals surface area contributed by atoms with Crippen LogP contribution in [0.1, 0.15) is 18.1 Å². The van der Waals surface area contributed by atoms with Crippen LogP contribution in [0.3, 0.4) is 0 Å². The molecule has 2 aromatic carbocycles. The second kappa shape index (κ2) is 10.7. The fourth-order valence-corrected chi connectivity index (χ4v) is 3.04. The van der Waals surface area contributed by atoms with Crippen LogP contribution in [0.4, 0.5) is 5.69 Å². The maximum atomic E-state index is 12.2. The minimum atomic E-state index is -0.256. The number of para-hydroxylation sites is 1. The first-order chi connectivity index (χ1) is 13.4. The predicted molar refractivity (Wildman–Crippen MR) is 112 cm³/mol. The van der Waals surface area contributed by atoms with Gasteiger partial charge in [-0.2, -0.15) is 0 Å². The predicted octanol–water partition coefficient (Wildman–Crippen LogP) is 3.10. The molecule has 0 spiro atoms. The molecule has 0 aliphatic rings. The van der Waals surface area contributed by atoms with E-state index in [9.17, 15) is 9.59 Å². The number of rotatable bonds is 9. The Morgan fingerprint density at radius 3 is 2.57 bits per heavy atom. The molecule has 0 fully saturated rings. The summed E-state index contributed by atoms with van der Waals surface area (Å²) in [5.41, 5.74) is 2.71. The third kappa shape index (κ3) is 6.55. The van der Waals surface area contributed by atoms with Crippen LogP contribution in [-0.4, -0.2) is 44.0 Å². The molecule has 0 atom stereocenters. The Balaban J connectivity index is 1.82. The topological polar surface area (TPSA) is 70.7 Å². The van der Waals surface area contributed by atoms with Crippen LogP contribution < -0.4 is 15.4 Å². The Morgan fingerprint density at radius 2 is 1.86 bits per heavy atom. The summed E-state index contributed by atoms with van der Waals surface area (Å²) >= 11 is 6.04. The molecule has 0 aliphatic heterocycles. The van der Waals surface area contributed by atoms with Gasteiger partial charge in [-0.15, -0.1) is 0 Å². The van der Waals surface area contributed by atoms with Crippen molar-refractivity contribution >= 4 is 29.1 Å². The van der Waals surface area contributed by atoms with Crippen LogP contribution in [-0.2, 0) is 22.6 Å². The highest BCUT2D eigenvalue weighted by atomic mass is 35.5. The SMILES string of the molecule is CCc1ccccc1NC(=O)CNC(=O)CN(C)Cc1cc(Cl)ccc1OC. The molecule has 150 valence electrons. The van der Waals surface area contributed by atoms with Crippen LogP contribution in [0.5, 0.6) is 5.75 Å². The van der Waals surface area contributed by atoms with E-state index >= 15 is 0 Å². The molecule has 0 saturated carbocycles. The summed E-state index contributed by atoms with van der Waals surface area (Å²) in [4.78, 5) is 26.1. The number of nitrogens with zero attached hydrogens (tertiary/aromatic N) is 1. The third-order valence-electron chi connectivity index (χ3n) is 4.21. The number of nitrogens with one attached hydrogen (secondary N) is 2. The minimum Gasteiger partial charge on any atom is -0.496 e. The van der Waals surface area contributed by atoms with Crippen molar-refractivity contribution in [3.8, 4) is 5.75 Å². The van der Waals surface area contributed by atoms with E-state index in [1.54, 1.807) is 19.2 Å². The lowest BCUT2D eigenvalue weighted by Gasteiger charge is -2.18. The molecule has 0 saturated heterocycles. The van der Waals surface area contributed by atoms with Gasteiger partial charge in [-0.3, -0.25) is 14.5 Å². The second-order valence-electron chi connectivity index (χ2n) is 6.46. The summed E-state index contributed by atoms with van der Waals surface area (Å²) in [5.74, 6) is 0.224. The number of amides is 2. The van der Waals surface area contributed by atoms with Gasteiger partial charge >= 0.3 is 0 Å². The Morgan fingerprint density at radius 1 is 1.11 bits per heavy atom. The zero-order valence-corrected chi connectivity index (χ0v) is 17.2. The molecule has 28 heavy (non-hydrogen) atoms. The first kappa shape index (κ1) is 21.7. The number of anilines is 1. The zero-order valence-electron chi connectivity index (χ0n) is 16.4. The number of hydrogen-bond donors (Lipinski definition) is 2. The first-order valence-corrected chi connectivity index (χ1v) is 9.46. The molecule has 2 aromatic rings. The number of likely N-dealkylation sites (N-methyl/N-ethyl adjacent to an activating group) is 1. The molecule has 2 rings (SSSR count). The van der Waals surface area contributed by atoms with E-state index in [1.807, 2.05) is 49.2 Å². The number of halogens is 1. The van der Waals surface area contributed by atoms with Crippen molar-refractivity contribution < 1.29 is 14.3 Å². The molecule has 6 nitrogen and oxygen atoms in total. The molecule has 0 bridgehead atoms. The van der Waals surface area contributed by atoms with Gasteiger partial charge in [0.15, 0.2) is 0 Å². The first-order valence-electron chi connectivity index (χ1n) is 9.08. The lowest BCUT2D eigenvalue weighted by molar-refractivity contribution is -0.124. The molecular weight excluding hydrogens is 378 g/mol. The summed E-state index contributed by atoms with van der Waals surface area (Å²) in [6.45, 7) is 2.59. The highest BCUT2D eigenvalue weighted by Gasteiger charge is 2.12. The smallest absolute Gasteiger partial charge is 0.243 e. The van der Waals surface area contributed by atoms with Crippen molar-refractivity contribution in [2.75, 3.05) is 32.6 Å². The van der Waals surface area contributed by atoms with Gasteiger partial charge < -0.3 is 15.4 Å². The maximum absolute atomic E-state index is 12.2. The molecule has 2 N–H and O–H groups in total. The Labute approximate surface area is 170 Å². The van der Waals surface area contributed by atoms with E-state index in [4.69, 9.17) is 16.3 Å². The highest BCUT2D eigenvalue weighted by Crippen LogP contribution is 2.23. The van der Waals surface area contributed by atoms with Gasteiger partial charge in [-0.25, -0.2) is 0 Å². The van der Waals surface area contributed by atoms with Crippen molar-refractivity contribution in [2.24, 2.45) is 0 Å². The standard InChI is InChI=1S/C21H26ClN3O3/c1-4-15-7-5-6-8-18(15)24-20(26)12-23-21(27)14-25(2)13-16-11-17(22)9-10-19(16)28-3/h5-11H,4,12-14H2,1-3H3,(H,23,27)(H,24,26). The highest BCUT2D eigenvalue weighted by molar-refractivity contribution is 6.30. The molecule has 0 unspecified atom stereocenters. The van der Waals surface area contributed by atoms with Gasteiger partial charge in [-0.05, 0) is 43.3 Å². The number of carbonyl (C=O) groups is 2. The summed E-state index contributed by atoms with van der Waals surface area (Å²) in [6, 6.07) is 13.0. The molecule has 7 heteroatoms. The number of carbonyl (C=O) groups excluding carboxylic acids is 2. The van der Waals surface area contributed by atoms with Gasteiger partial charge in [0.1, 0.15) is 5.75 Å². The van der Waals surface area contributed by atoms with E-state index in [2.05, 4.69) is 10.6 Å². The van der Waals surface area contributed by atoms with Gasteiger partial charge in [-0.1, -0.05) is 36.7 Å². The van der Waals surface area contributed by atoms with Crippen LogP contribution >= 0.6 is 11.6 Å². The van der Waals surface area contributed by atoms with Crippen LogP contribution in [0, 0.1) is 0 Å². The van der Waals surface area contributed by atoms with Crippen molar-refractivity contribution in [2.45, 2.75) is 19.9 Å². The molecule has 0 radical (unpaired) electrons. The summed E-state index contributed by atoms with van der Waals surface area (Å²) in [6.07, 6.45) is 0.820. The van der Waals surface area contributed by atoms with Crippen LogP contribution in [0.15, 0.2) is 42.5 Å². The number of ether oxygens (including phenoxy) is 1. The fraction of sp³-hybridized carbons (Fsp3) is 0.333. The normalized spacial score (nSPS) is 10.6. The Bertz CT molecular complexity index is 826. The van der Waals surface area contributed by atoms with E-state index < -0.39 is 0 Å². The van der Waals surface area contributed by atoms with E-state index in [0.717, 1.165) is 23.2 Å². The molecule has 2 amide bonds. The van der Waals surface area contributed by atoms with E-state index in [-0.39, 0.29) is 24.9 Å². The van der Waals surface area contributed by atoms with Crippen LogP contribution in [0.25, 0.3) is 0 Å². The fourth-order valence-electron chi connectivity index (χ4n) is 2.84. The molecular formula is C21H26ClN3O3. The summed E-state index contributed by atoms with van der Waals surface area (Å²) in [5, 5.41) is 6.09. The van der Waals surface area contributed by atoms with E-state index in [0.29, 0.717) is 17.3 Å². The lowest BCUT2D eigenvalue weighted by Crippen LogP contribution is -2.39. The second-order valence-corrected chi connectivity index (χ2v) is 6.90. The summed E-state index contributed by atoms with van der Waals surface area (Å²) in [7, 11) is 3.41. The average molecular weight is 404 g/mol. The van der Waals surface area contributed by atoms with Gasteiger partial charge in [0.05, 0.1) is 20.2 Å². The Hall–Kier alpha value is -2.57. The summed E-state index contributed by atoms with van der Waals surface area (Å²) < 4.78 is 5.32. The Kier molecular flexibility index (Phi) is 8.29. The number of methoxy groups -OCH3 is 1. The van der Waals surface area contributed by atoms with Gasteiger partial charge in [0.2, 0.25) is 11.8 Å². The number of aryl methyl sites for hydroxylation is 1. The zero-order chi connectivity index (χ0) is 20.5. The van der Waals surface area contributed by atoms with Crippen molar-refractivity contribution in [1.82, 2.24) is 10.2 Å². The number of benzene rings is 2.